The Hall–Kier alpha value is -2.44. The first kappa shape index (κ1) is 15.5. The Labute approximate surface area is 135 Å². The van der Waals surface area contributed by atoms with Crippen molar-refractivity contribution in [2.45, 2.75) is 32.2 Å². The van der Waals surface area contributed by atoms with Crippen LogP contribution in [0.5, 0.6) is 5.88 Å². The summed E-state index contributed by atoms with van der Waals surface area (Å²) in [5, 5.41) is 4.07. The summed E-state index contributed by atoms with van der Waals surface area (Å²) in [7, 11) is 1.81. The lowest BCUT2D eigenvalue weighted by Crippen LogP contribution is -2.32. The fourth-order valence-corrected chi connectivity index (χ4v) is 2.96. The van der Waals surface area contributed by atoms with E-state index in [2.05, 4.69) is 20.0 Å². The van der Waals surface area contributed by atoms with Crippen LogP contribution < -0.4 is 9.64 Å². The zero-order valence-corrected chi connectivity index (χ0v) is 13.5. The Balaban J connectivity index is 1.72. The molecular weight excluding hydrogens is 294 g/mol. The van der Waals surface area contributed by atoms with Crippen molar-refractivity contribution in [3.63, 3.8) is 0 Å². The van der Waals surface area contributed by atoms with E-state index in [0.29, 0.717) is 24.5 Å². The predicted octanol–water partition coefficient (Wildman–Crippen LogP) is 1.85. The van der Waals surface area contributed by atoms with E-state index in [1.165, 1.54) is 6.33 Å². The summed E-state index contributed by atoms with van der Waals surface area (Å²) >= 11 is 0. The molecule has 0 aliphatic carbocycles. The van der Waals surface area contributed by atoms with Gasteiger partial charge >= 0.3 is 0 Å². The quantitative estimate of drug-likeness (QED) is 0.758. The lowest BCUT2D eigenvalue weighted by Gasteiger charge is -2.25. The van der Waals surface area contributed by atoms with Gasteiger partial charge in [0.2, 0.25) is 5.88 Å². The van der Waals surface area contributed by atoms with Gasteiger partial charge in [-0.05, 0) is 19.8 Å². The lowest BCUT2D eigenvalue weighted by atomic mass is 10.0. The van der Waals surface area contributed by atoms with E-state index < -0.39 is 0 Å². The standard InChI is InChI=1S/C16H21N5O2/c1-3-23-16-8-15(17-11-18-16)21-6-4-5-13(21)7-14(22)12-9-19-20(2)10-12/h8-11,13H,3-7H2,1-2H3. The summed E-state index contributed by atoms with van der Waals surface area (Å²) in [5.74, 6) is 1.51. The zero-order valence-electron chi connectivity index (χ0n) is 13.5. The van der Waals surface area contributed by atoms with Gasteiger partial charge < -0.3 is 9.64 Å². The molecule has 7 nitrogen and oxygen atoms in total. The minimum Gasteiger partial charge on any atom is -0.478 e. The van der Waals surface area contributed by atoms with Crippen LogP contribution in [0.4, 0.5) is 5.82 Å². The number of nitrogens with zero attached hydrogens (tertiary/aromatic N) is 5. The molecule has 2 aromatic heterocycles. The van der Waals surface area contributed by atoms with Gasteiger partial charge in [0.25, 0.3) is 0 Å². The van der Waals surface area contributed by atoms with E-state index in [1.54, 1.807) is 17.1 Å². The fourth-order valence-electron chi connectivity index (χ4n) is 2.96. The lowest BCUT2D eigenvalue weighted by molar-refractivity contribution is 0.0974. The molecule has 3 rings (SSSR count). The van der Waals surface area contributed by atoms with Crippen molar-refractivity contribution in [3.8, 4) is 5.88 Å². The molecule has 1 aliphatic rings. The molecular formula is C16H21N5O2. The highest BCUT2D eigenvalue weighted by molar-refractivity contribution is 5.96. The van der Waals surface area contributed by atoms with E-state index >= 15 is 0 Å². The van der Waals surface area contributed by atoms with E-state index in [-0.39, 0.29) is 11.8 Å². The van der Waals surface area contributed by atoms with E-state index in [0.717, 1.165) is 25.2 Å². The summed E-state index contributed by atoms with van der Waals surface area (Å²) in [6.07, 6.45) is 7.41. The predicted molar refractivity (Wildman–Crippen MR) is 85.7 cm³/mol. The molecule has 1 atom stereocenters. The van der Waals surface area contributed by atoms with E-state index in [4.69, 9.17) is 4.74 Å². The number of anilines is 1. The molecule has 0 spiro atoms. The highest BCUT2D eigenvalue weighted by Crippen LogP contribution is 2.28. The molecule has 1 saturated heterocycles. The van der Waals surface area contributed by atoms with Crippen molar-refractivity contribution >= 4 is 11.6 Å². The number of rotatable bonds is 6. The SMILES string of the molecule is CCOc1cc(N2CCCC2CC(=O)c2cnn(C)c2)ncn1. The van der Waals surface area contributed by atoms with Gasteiger partial charge in [0.05, 0.1) is 18.4 Å². The second kappa shape index (κ2) is 6.76. The summed E-state index contributed by atoms with van der Waals surface area (Å²) < 4.78 is 7.09. The van der Waals surface area contributed by atoms with Crippen LogP contribution in [-0.4, -0.2) is 44.7 Å². The number of carbonyl (C=O) groups is 1. The summed E-state index contributed by atoms with van der Waals surface area (Å²) in [4.78, 5) is 23.0. The second-order valence-electron chi connectivity index (χ2n) is 5.67. The molecule has 0 aromatic carbocycles. The third-order valence-electron chi connectivity index (χ3n) is 4.04. The molecule has 1 aliphatic heterocycles. The van der Waals surface area contributed by atoms with Crippen molar-refractivity contribution in [3.05, 3.63) is 30.4 Å². The third-order valence-corrected chi connectivity index (χ3v) is 4.04. The number of aromatic nitrogens is 4. The number of Topliss-reactive ketones (excluding diaryl/α,β-unsaturated/α-hetero) is 1. The average molecular weight is 315 g/mol. The van der Waals surface area contributed by atoms with Crippen LogP contribution in [0.3, 0.4) is 0 Å². The molecule has 1 fully saturated rings. The smallest absolute Gasteiger partial charge is 0.218 e. The van der Waals surface area contributed by atoms with Crippen molar-refractivity contribution in [1.29, 1.82) is 0 Å². The maximum Gasteiger partial charge on any atom is 0.218 e. The molecule has 23 heavy (non-hydrogen) atoms. The largest absolute Gasteiger partial charge is 0.478 e. The maximum atomic E-state index is 12.4. The number of aryl methyl sites for hydroxylation is 1. The molecule has 1 unspecified atom stereocenters. The van der Waals surface area contributed by atoms with Crippen molar-refractivity contribution in [2.24, 2.45) is 7.05 Å². The van der Waals surface area contributed by atoms with Gasteiger partial charge in [0, 0.05) is 38.3 Å². The molecule has 0 bridgehead atoms. The van der Waals surface area contributed by atoms with Gasteiger partial charge in [0.15, 0.2) is 5.78 Å². The van der Waals surface area contributed by atoms with Crippen molar-refractivity contribution < 1.29 is 9.53 Å². The number of ether oxygens (including phenoxy) is 1. The monoisotopic (exact) mass is 315 g/mol. The number of hydrogen-bond donors (Lipinski definition) is 0. The van der Waals surface area contributed by atoms with Gasteiger partial charge in [-0.1, -0.05) is 0 Å². The van der Waals surface area contributed by atoms with Gasteiger partial charge in [-0.15, -0.1) is 0 Å². The van der Waals surface area contributed by atoms with Crippen LogP contribution in [0.15, 0.2) is 24.8 Å². The average Bonchev–Trinajstić information content (AvgIpc) is 3.17. The molecule has 0 radical (unpaired) electrons. The topological polar surface area (TPSA) is 73.1 Å². The number of ketones is 1. The summed E-state index contributed by atoms with van der Waals surface area (Å²) in [6.45, 7) is 3.39. The molecule has 0 N–H and O–H groups in total. The first-order chi connectivity index (χ1) is 11.2. The van der Waals surface area contributed by atoms with Crippen LogP contribution >= 0.6 is 0 Å². The summed E-state index contributed by atoms with van der Waals surface area (Å²) in [6, 6.07) is 2.00. The molecule has 0 saturated carbocycles. The summed E-state index contributed by atoms with van der Waals surface area (Å²) in [5.41, 5.74) is 0.664. The first-order valence-electron chi connectivity index (χ1n) is 7.90. The van der Waals surface area contributed by atoms with Gasteiger partial charge in [0.1, 0.15) is 12.1 Å². The maximum absolute atomic E-state index is 12.4. The Kier molecular flexibility index (Phi) is 4.55. The Bertz CT molecular complexity index is 685. The molecule has 3 heterocycles. The van der Waals surface area contributed by atoms with E-state index in [9.17, 15) is 4.79 Å². The van der Waals surface area contributed by atoms with Crippen LogP contribution in [-0.2, 0) is 7.05 Å². The molecule has 0 amide bonds. The van der Waals surface area contributed by atoms with Crippen LogP contribution in [0.2, 0.25) is 0 Å². The second-order valence-corrected chi connectivity index (χ2v) is 5.67. The molecule has 7 heteroatoms. The fraction of sp³-hybridized carbons (Fsp3) is 0.500. The van der Waals surface area contributed by atoms with Gasteiger partial charge in [-0.25, -0.2) is 9.97 Å². The normalized spacial score (nSPS) is 17.5. The number of carbonyl (C=O) groups excluding carboxylic acids is 1. The van der Waals surface area contributed by atoms with Crippen LogP contribution in [0, 0.1) is 0 Å². The molecule has 122 valence electrons. The molecule has 2 aromatic rings. The van der Waals surface area contributed by atoms with Gasteiger partial charge in [-0.2, -0.15) is 5.10 Å². The van der Waals surface area contributed by atoms with E-state index in [1.807, 2.05) is 20.0 Å². The van der Waals surface area contributed by atoms with Crippen molar-refractivity contribution in [1.82, 2.24) is 19.7 Å². The zero-order chi connectivity index (χ0) is 16.2. The highest BCUT2D eigenvalue weighted by Gasteiger charge is 2.28. The van der Waals surface area contributed by atoms with Crippen LogP contribution in [0.25, 0.3) is 0 Å². The van der Waals surface area contributed by atoms with Crippen LogP contribution in [0.1, 0.15) is 36.5 Å². The third kappa shape index (κ3) is 3.49. The highest BCUT2D eigenvalue weighted by atomic mass is 16.5. The Morgan fingerprint density at radius 1 is 1.43 bits per heavy atom. The first-order valence-corrected chi connectivity index (χ1v) is 7.90. The van der Waals surface area contributed by atoms with Gasteiger partial charge in [-0.3, -0.25) is 9.48 Å². The Morgan fingerprint density at radius 3 is 3.04 bits per heavy atom. The Morgan fingerprint density at radius 2 is 2.30 bits per heavy atom. The number of hydrogen-bond acceptors (Lipinski definition) is 6. The minimum atomic E-state index is 0.120. The minimum absolute atomic E-state index is 0.120. The van der Waals surface area contributed by atoms with Crippen molar-refractivity contribution in [2.75, 3.05) is 18.1 Å².